The Bertz CT molecular complexity index is 664. The number of aryl methyl sites for hydroxylation is 2. The van der Waals surface area contributed by atoms with Crippen molar-refractivity contribution in [2.75, 3.05) is 39.3 Å². The molecule has 0 aromatic carbocycles. The summed E-state index contributed by atoms with van der Waals surface area (Å²) in [6.07, 6.45) is 0. The Balaban J connectivity index is 1.79. The summed E-state index contributed by atoms with van der Waals surface area (Å²) in [5.74, 6) is 0.117. The van der Waals surface area contributed by atoms with Crippen LogP contribution in [0.2, 0.25) is 0 Å². The van der Waals surface area contributed by atoms with Gasteiger partial charge in [-0.25, -0.2) is 0 Å². The number of rotatable bonds is 4. The van der Waals surface area contributed by atoms with E-state index in [-0.39, 0.29) is 12.5 Å². The van der Waals surface area contributed by atoms with Crippen molar-refractivity contribution in [1.82, 2.24) is 14.4 Å². The van der Waals surface area contributed by atoms with E-state index in [0.29, 0.717) is 6.54 Å². The number of aromatic nitrogens is 1. The first kappa shape index (κ1) is 16.2. The molecule has 2 aromatic heterocycles. The lowest BCUT2D eigenvalue weighted by atomic mass is 10.2. The van der Waals surface area contributed by atoms with E-state index in [1.165, 1.54) is 11.3 Å². The summed E-state index contributed by atoms with van der Waals surface area (Å²) in [6, 6.07) is 6.18. The average Bonchev–Trinajstić information content (AvgIpc) is 3.14. The van der Waals surface area contributed by atoms with E-state index in [9.17, 15) is 4.79 Å². The Morgan fingerprint density at radius 2 is 1.78 bits per heavy atom. The summed E-state index contributed by atoms with van der Waals surface area (Å²) in [5, 5.41) is 11.0. The van der Waals surface area contributed by atoms with Gasteiger partial charge in [-0.1, -0.05) is 0 Å². The molecular formula is C17H23N3O2S. The van der Waals surface area contributed by atoms with Crippen LogP contribution in [-0.2, 0) is 0 Å². The van der Waals surface area contributed by atoms with Crippen LogP contribution in [0.4, 0.5) is 0 Å². The highest BCUT2D eigenvalue weighted by Gasteiger charge is 2.25. The number of amides is 1. The average molecular weight is 333 g/mol. The lowest BCUT2D eigenvalue weighted by Gasteiger charge is -2.34. The standard InChI is InChI=1S/C17H23N3O2S/c1-13-3-4-14(2)20(13)15-5-12-23-16(15)17(22)19-8-6-18(7-9-19)10-11-21/h3-5,12,21H,6-11H2,1-2H3. The maximum absolute atomic E-state index is 12.9. The minimum Gasteiger partial charge on any atom is -0.395 e. The quantitative estimate of drug-likeness (QED) is 0.930. The van der Waals surface area contributed by atoms with Crippen LogP contribution in [0.15, 0.2) is 23.6 Å². The molecule has 124 valence electrons. The summed E-state index contributed by atoms with van der Waals surface area (Å²) < 4.78 is 2.14. The molecule has 1 fully saturated rings. The third-order valence-corrected chi connectivity index (χ3v) is 5.32. The lowest BCUT2D eigenvalue weighted by Crippen LogP contribution is -2.49. The highest BCUT2D eigenvalue weighted by Crippen LogP contribution is 2.26. The van der Waals surface area contributed by atoms with Crippen LogP contribution >= 0.6 is 11.3 Å². The number of carbonyl (C=O) groups is 1. The number of piperazine rings is 1. The van der Waals surface area contributed by atoms with E-state index in [1.54, 1.807) is 0 Å². The van der Waals surface area contributed by atoms with Gasteiger partial charge in [-0.3, -0.25) is 9.69 Å². The van der Waals surface area contributed by atoms with Crippen molar-refractivity contribution in [2.45, 2.75) is 13.8 Å². The van der Waals surface area contributed by atoms with Gasteiger partial charge in [-0.2, -0.15) is 0 Å². The lowest BCUT2D eigenvalue weighted by molar-refractivity contribution is 0.0619. The van der Waals surface area contributed by atoms with Crippen molar-refractivity contribution in [3.05, 3.63) is 39.8 Å². The zero-order valence-electron chi connectivity index (χ0n) is 13.7. The Hall–Kier alpha value is -1.63. The van der Waals surface area contributed by atoms with Crippen molar-refractivity contribution in [1.29, 1.82) is 0 Å². The minimum absolute atomic E-state index is 0.117. The second-order valence-corrected chi connectivity index (χ2v) is 6.86. The summed E-state index contributed by atoms with van der Waals surface area (Å²) in [4.78, 5) is 17.8. The maximum atomic E-state index is 12.9. The van der Waals surface area contributed by atoms with Crippen LogP contribution < -0.4 is 0 Å². The molecule has 3 rings (SSSR count). The van der Waals surface area contributed by atoms with Crippen LogP contribution in [0.25, 0.3) is 5.69 Å². The van der Waals surface area contributed by atoms with Gasteiger partial charge in [0.2, 0.25) is 0 Å². The fourth-order valence-electron chi connectivity index (χ4n) is 3.15. The smallest absolute Gasteiger partial charge is 0.266 e. The van der Waals surface area contributed by atoms with Crippen LogP contribution in [-0.4, -0.2) is 64.7 Å². The molecule has 5 nitrogen and oxygen atoms in total. The van der Waals surface area contributed by atoms with Gasteiger partial charge < -0.3 is 14.6 Å². The van der Waals surface area contributed by atoms with E-state index < -0.39 is 0 Å². The predicted octanol–water partition coefficient (Wildman–Crippen LogP) is 1.91. The molecule has 1 aliphatic rings. The van der Waals surface area contributed by atoms with E-state index in [4.69, 9.17) is 5.11 Å². The summed E-state index contributed by atoms with van der Waals surface area (Å²) in [6.45, 7) is 8.09. The second-order valence-electron chi connectivity index (χ2n) is 5.94. The monoisotopic (exact) mass is 333 g/mol. The van der Waals surface area contributed by atoms with Crippen molar-refractivity contribution >= 4 is 17.2 Å². The Kier molecular flexibility index (Phi) is 4.84. The third-order valence-electron chi connectivity index (χ3n) is 4.43. The molecule has 1 aliphatic heterocycles. The topological polar surface area (TPSA) is 48.7 Å². The SMILES string of the molecule is Cc1ccc(C)n1-c1ccsc1C(=O)N1CCN(CCO)CC1. The van der Waals surface area contributed by atoms with Crippen molar-refractivity contribution < 1.29 is 9.90 Å². The zero-order valence-corrected chi connectivity index (χ0v) is 14.5. The molecule has 6 heteroatoms. The molecular weight excluding hydrogens is 310 g/mol. The van der Waals surface area contributed by atoms with E-state index in [2.05, 4.69) is 35.4 Å². The second kappa shape index (κ2) is 6.86. The predicted molar refractivity (Wildman–Crippen MR) is 92.5 cm³/mol. The van der Waals surface area contributed by atoms with Gasteiger partial charge in [0, 0.05) is 44.1 Å². The van der Waals surface area contributed by atoms with Crippen molar-refractivity contribution in [3.8, 4) is 5.69 Å². The molecule has 1 amide bonds. The van der Waals surface area contributed by atoms with Crippen LogP contribution in [0, 0.1) is 13.8 Å². The van der Waals surface area contributed by atoms with Gasteiger partial charge in [0.1, 0.15) is 4.88 Å². The molecule has 1 saturated heterocycles. The minimum atomic E-state index is 0.117. The zero-order chi connectivity index (χ0) is 16.4. The summed E-state index contributed by atoms with van der Waals surface area (Å²) >= 11 is 1.51. The Morgan fingerprint density at radius 1 is 1.13 bits per heavy atom. The number of thiophene rings is 1. The molecule has 0 atom stereocenters. The van der Waals surface area contributed by atoms with Crippen LogP contribution in [0.5, 0.6) is 0 Å². The highest BCUT2D eigenvalue weighted by atomic mass is 32.1. The first-order valence-electron chi connectivity index (χ1n) is 7.97. The normalized spacial score (nSPS) is 16.0. The van der Waals surface area contributed by atoms with Gasteiger partial charge in [0.05, 0.1) is 12.3 Å². The van der Waals surface area contributed by atoms with Gasteiger partial charge in [0.15, 0.2) is 0 Å². The van der Waals surface area contributed by atoms with Gasteiger partial charge in [-0.15, -0.1) is 11.3 Å². The molecule has 23 heavy (non-hydrogen) atoms. The number of hydrogen-bond acceptors (Lipinski definition) is 4. The van der Waals surface area contributed by atoms with Crippen molar-refractivity contribution in [3.63, 3.8) is 0 Å². The van der Waals surface area contributed by atoms with E-state index in [1.807, 2.05) is 16.3 Å². The number of β-amino-alcohol motifs (C(OH)–C–C–N with tert-alkyl or cyclic N) is 1. The highest BCUT2D eigenvalue weighted by molar-refractivity contribution is 7.12. The van der Waals surface area contributed by atoms with Crippen molar-refractivity contribution in [2.24, 2.45) is 0 Å². The van der Waals surface area contributed by atoms with Crippen LogP contribution in [0.3, 0.4) is 0 Å². The summed E-state index contributed by atoms with van der Waals surface area (Å²) in [5.41, 5.74) is 3.27. The summed E-state index contributed by atoms with van der Waals surface area (Å²) in [7, 11) is 0. The van der Waals surface area contributed by atoms with Gasteiger partial charge in [0.25, 0.3) is 5.91 Å². The van der Waals surface area contributed by atoms with Gasteiger partial charge >= 0.3 is 0 Å². The van der Waals surface area contributed by atoms with Crippen LogP contribution in [0.1, 0.15) is 21.1 Å². The first-order chi connectivity index (χ1) is 11.1. The maximum Gasteiger partial charge on any atom is 0.266 e. The fraction of sp³-hybridized carbons (Fsp3) is 0.471. The Labute approximate surface area is 140 Å². The molecule has 0 unspecified atom stereocenters. The molecule has 0 saturated carbocycles. The largest absolute Gasteiger partial charge is 0.395 e. The number of nitrogens with zero attached hydrogens (tertiary/aromatic N) is 3. The van der Waals surface area contributed by atoms with E-state index >= 15 is 0 Å². The molecule has 0 spiro atoms. The molecule has 0 radical (unpaired) electrons. The molecule has 3 heterocycles. The first-order valence-corrected chi connectivity index (χ1v) is 8.85. The molecule has 1 N–H and O–H groups in total. The number of aliphatic hydroxyl groups excluding tert-OH is 1. The molecule has 0 bridgehead atoms. The van der Waals surface area contributed by atoms with Gasteiger partial charge in [-0.05, 0) is 37.4 Å². The third kappa shape index (κ3) is 3.20. The number of hydrogen-bond donors (Lipinski definition) is 1. The number of aliphatic hydroxyl groups is 1. The fourth-order valence-corrected chi connectivity index (χ4v) is 3.99. The number of carbonyl (C=O) groups excluding carboxylic acids is 1. The van der Waals surface area contributed by atoms with E-state index in [0.717, 1.165) is 48.1 Å². The Morgan fingerprint density at radius 3 is 2.39 bits per heavy atom. The molecule has 0 aliphatic carbocycles. The molecule has 2 aromatic rings.